The van der Waals surface area contributed by atoms with Crippen LogP contribution in [0.4, 0.5) is 4.79 Å². The number of likely N-dealkylation sites (N-methyl/N-ethyl adjacent to an activating group) is 2. The second-order valence-electron chi connectivity index (χ2n) is 14.8. The van der Waals surface area contributed by atoms with E-state index in [9.17, 15) is 24.3 Å². The number of alkyl carbamates (subject to hydrolysis) is 1. The number of aliphatic hydroxyl groups is 1. The van der Waals surface area contributed by atoms with Gasteiger partial charge in [0.25, 0.3) is 0 Å². The van der Waals surface area contributed by atoms with E-state index >= 15 is 0 Å². The third-order valence-electron chi connectivity index (χ3n) is 8.92. The molecule has 0 unspecified atom stereocenters. The summed E-state index contributed by atoms with van der Waals surface area (Å²) in [6.07, 6.45) is 4.04. The molecule has 4 amide bonds. The van der Waals surface area contributed by atoms with E-state index in [0.717, 1.165) is 21.2 Å². The first-order valence-corrected chi connectivity index (χ1v) is 18.1. The van der Waals surface area contributed by atoms with Crippen LogP contribution in [-0.4, -0.2) is 100 Å². The van der Waals surface area contributed by atoms with Gasteiger partial charge in [-0.05, 0) is 87.7 Å². The molecule has 2 aromatic carbocycles. The molecule has 0 radical (unpaired) electrons. The number of fused-ring (bicyclic) bond motifs is 1. The summed E-state index contributed by atoms with van der Waals surface area (Å²) >= 11 is 1.53. The van der Waals surface area contributed by atoms with Crippen LogP contribution in [0.3, 0.4) is 0 Å². The first-order chi connectivity index (χ1) is 23.5. The molecule has 1 aliphatic rings. The first kappa shape index (κ1) is 38.6. The van der Waals surface area contributed by atoms with Gasteiger partial charge in [0, 0.05) is 50.4 Å². The zero-order valence-electron chi connectivity index (χ0n) is 30.3. The lowest BCUT2D eigenvalue weighted by Crippen LogP contribution is -2.57. The molecule has 1 saturated heterocycles. The fourth-order valence-electron chi connectivity index (χ4n) is 6.03. The van der Waals surface area contributed by atoms with E-state index in [1.807, 2.05) is 73.8 Å². The molecule has 0 saturated carbocycles. The van der Waals surface area contributed by atoms with Gasteiger partial charge in [-0.1, -0.05) is 54.6 Å². The lowest BCUT2D eigenvalue weighted by molar-refractivity contribution is -0.150. The van der Waals surface area contributed by atoms with Crippen molar-refractivity contribution in [1.29, 1.82) is 0 Å². The number of nitrogens with one attached hydrogen (secondary N) is 1. The number of benzene rings is 2. The minimum atomic E-state index is -0.909. The molecule has 0 spiro atoms. The Morgan fingerprint density at radius 3 is 2.26 bits per heavy atom. The summed E-state index contributed by atoms with van der Waals surface area (Å²) in [4.78, 5) is 60.3. The number of likely N-dealkylation sites (tertiary alicyclic amines) is 1. The molecule has 1 fully saturated rings. The van der Waals surface area contributed by atoms with Gasteiger partial charge in [0.1, 0.15) is 17.7 Å². The molecule has 11 heteroatoms. The zero-order valence-corrected chi connectivity index (χ0v) is 31.2. The highest BCUT2D eigenvalue weighted by molar-refractivity contribution is 7.09. The topological polar surface area (TPSA) is 119 Å². The second kappa shape index (κ2) is 16.7. The van der Waals surface area contributed by atoms with Crippen molar-refractivity contribution in [2.75, 3.05) is 27.2 Å². The van der Waals surface area contributed by atoms with Crippen LogP contribution in [0.5, 0.6) is 0 Å². The smallest absolute Gasteiger partial charge is 0.408 e. The minimum Gasteiger partial charge on any atom is -0.444 e. The normalized spacial score (nSPS) is 15.5. The highest BCUT2D eigenvalue weighted by atomic mass is 32.1. The van der Waals surface area contributed by atoms with Crippen LogP contribution >= 0.6 is 11.3 Å². The lowest BCUT2D eigenvalue weighted by atomic mass is 9.98. The number of hydrogen-bond acceptors (Lipinski definition) is 7. The number of aliphatic hydroxyl groups excluding tert-OH is 1. The van der Waals surface area contributed by atoms with E-state index in [4.69, 9.17) is 4.74 Å². The van der Waals surface area contributed by atoms with Gasteiger partial charge in [-0.25, -0.2) is 4.79 Å². The van der Waals surface area contributed by atoms with E-state index in [0.29, 0.717) is 38.8 Å². The molecule has 270 valence electrons. The van der Waals surface area contributed by atoms with Crippen molar-refractivity contribution in [2.45, 2.75) is 96.1 Å². The number of piperidine rings is 1. The molecule has 50 heavy (non-hydrogen) atoms. The van der Waals surface area contributed by atoms with E-state index in [1.165, 1.54) is 27.2 Å². The summed E-state index contributed by atoms with van der Waals surface area (Å²) < 4.78 is 5.39. The SMILES string of the molecule is CN(C(=O)/C=C/CC(C)(C)NC(=O)OC(C)(C)C)[C@H](Cc1ccc2ccccc2c1)C(=O)N(C)[C@H](Cc1cccs1)C(=O)N1CCC(O)CC1. The Bertz CT molecular complexity index is 1660. The number of nitrogens with zero attached hydrogens (tertiary/aromatic N) is 3. The van der Waals surface area contributed by atoms with Crippen molar-refractivity contribution in [1.82, 2.24) is 20.0 Å². The quantitative estimate of drug-likeness (QED) is 0.238. The Morgan fingerprint density at radius 2 is 1.62 bits per heavy atom. The van der Waals surface area contributed by atoms with E-state index < -0.39 is 35.4 Å². The van der Waals surface area contributed by atoms with E-state index in [1.54, 1.807) is 45.8 Å². The van der Waals surface area contributed by atoms with Crippen LogP contribution in [0.2, 0.25) is 0 Å². The van der Waals surface area contributed by atoms with Crippen molar-refractivity contribution >= 4 is 45.9 Å². The zero-order chi connectivity index (χ0) is 36.6. The summed E-state index contributed by atoms with van der Waals surface area (Å²) in [5.74, 6) is -0.891. The summed E-state index contributed by atoms with van der Waals surface area (Å²) in [7, 11) is 3.25. The average molecular weight is 705 g/mol. The standard InChI is InChI=1S/C39H52N4O6S/c1-38(2,3)49-37(48)40-39(4,5)20-10-15-34(45)41(6)32(25-27-16-17-28-12-8-9-13-29(28)24-27)35(46)42(7)33(26-31-14-11-23-50-31)36(47)43-21-18-30(44)19-22-43/h8-17,23-24,30,32-33,44H,18-22,25-26H2,1-7H3,(H,40,48)/b15-10+/t32-,33-/m1/s1. The maximum absolute atomic E-state index is 14.6. The fraction of sp³-hybridized carbons (Fsp3) is 0.487. The number of carbonyl (C=O) groups is 4. The molecule has 1 aromatic heterocycles. The Kier molecular flexibility index (Phi) is 12.9. The monoisotopic (exact) mass is 704 g/mol. The maximum atomic E-state index is 14.6. The predicted molar refractivity (Wildman–Crippen MR) is 198 cm³/mol. The van der Waals surface area contributed by atoms with Gasteiger partial charge in [0.2, 0.25) is 17.7 Å². The molecule has 2 atom stereocenters. The lowest BCUT2D eigenvalue weighted by Gasteiger charge is -2.38. The molecule has 2 N–H and O–H groups in total. The van der Waals surface area contributed by atoms with Crippen molar-refractivity contribution in [3.8, 4) is 0 Å². The predicted octanol–water partition coefficient (Wildman–Crippen LogP) is 5.57. The van der Waals surface area contributed by atoms with Gasteiger partial charge in [0.05, 0.1) is 6.10 Å². The van der Waals surface area contributed by atoms with Crippen molar-refractivity contribution < 1.29 is 29.0 Å². The Balaban J connectivity index is 1.59. The largest absolute Gasteiger partial charge is 0.444 e. The van der Waals surface area contributed by atoms with Gasteiger partial charge in [-0.2, -0.15) is 0 Å². The third kappa shape index (κ3) is 10.9. The Labute approximate surface area is 300 Å². The van der Waals surface area contributed by atoms with Crippen molar-refractivity contribution in [2.24, 2.45) is 0 Å². The van der Waals surface area contributed by atoms with Crippen LogP contribution in [0, 0.1) is 0 Å². The van der Waals surface area contributed by atoms with Crippen LogP contribution in [0.25, 0.3) is 10.8 Å². The van der Waals surface area contributed by atoms with Crippen LogP contribution in [0.15, 0.2) is 72.1 Å². The highest BCUT2D eigenvalue weighted by Crippen LogP contribution is 2.23. The average Bonchev–Trinajstić information content (AvgIpc) is 3.57. The van der Waals surface area contributed by atoms with Gasteiger partial charge in [0.15, 0.2) is 0 Å². The molecule has 0 bridgehead atoms. The van der Waals surface area contributed by atoms with Crippen molar-refractivity contribution in [3.05, 3.63) is 82.6 Å². The second-order valence-corrected chi connectivity index (χ2v) is 15.8. The Morgan fingerprint density at radius 1 is 0.940 bits per heavy atom. The maximum Gasteiger partial charge on any atom is 0.408 e. The summed E-state index contributed by atoms with van der Waals surface area (Å²) in [5.41, 5.74) is -0.455. The highest BCUT2D eigenvalue weighted by Gasteiger charge is 2.37. The number of ether oxygens (including phenoxy) is 1. The molecular formula is C39H52N4O6S. The number of amides is 4. The van der Waals surface area contributed by atoms with Crippen molar-refractivity contribution in [3.63, 3.8) is 0 Å². The molecule has 4 rings (SSSR count). The van der Waals surface area contributed by atoms with E-state index in [2.05, 4.69) is 5.32 Å². The Hall–Kier alpha value is -4.22. The van der Waals surface area contributed by atoms with Crippen LogP contribution in [0.1, 0.15) is 64.3 Å². The van der Waals surface area contributed by atoms with Gasteiger partial charge < -0.3 is 29.9 Å². The molecule has 10 nitrogen and oxygen atoms in total. The summed E-state index contributed by atoms with van der Waals surface area (Å²) in [6.45, 7) is 9.90. The van der Waals surface area contributed by atoms with Gasteiger partial charge >= 0.3 is 6.09 Å². The van der Waals surface area contributed by atoms with Gasteiger partial charge in [-0.3, -0.25) is 14.4 Å². The number of carbonyl (C=O) groups excluding carboxylic acids is 4. The summed E-state index contributed by atoms with van der Waals surface area (Å²) in [5, 5.41) is 16.9. The molecule has 2 heterocycles. The van der Waals surface area contributed by atoms with Gasteiger partial charge in [-0.15, -0.1) is 11.3 Å². The van der Waals surface area contributed by atoms with E-state index in [-0.39, 0.29) is 24.1 Å². The van der Waals surface area contributed by atoms with Crippen LogP contribution in [-0.2, 0) is 32.0 Å². The molecule has 3 aromatic rings. The first-order valence-electron chi connectivity index (χ1n) is 17.2. The number of thiophene rings is 1. The number of hydrogen-bond donors (Lipinski definition) is 2. The molecule has 1 aliphatic heterocycles. The van der Waals surface area contributed by atoms with Crippen LogP contribution < -0.4 is 5.32 Å². The third-order valence-corrected chi connectivity index (χ3v) is 9.82. The fourth-order valence-corrected chi connectivity index (χ4v) is 6.77. The molecular weight excluding hydrogens is 653 g/mol. The molecule has 0 aliphatic carbocycles. The minimum absolute atomic E-state index is 0.167. The number of rotatable bonds is 12. The summed E-state index contributed by atoms with van der Waals surface area (Å²) in [6, 6.07) is 16.2.